The van der Waals surface area contributed by atoms with E-state index in [1.807, 2.05) is 16.8 Å². The number of aliphatic carboxylic acids is 1. The maximum absolute atomic E-state index is 12.1. The van der Waals surface area contributed by atoms with Crippen molar-refractivity contribution in [2.75, 3.05) is 13.1 Å². The molecule has 0 unspecified atom stereocenters. The number of hydrogen-bond acceptors (Lipinski definition) is 5. The number of thiophene rings is 1. The fraction of sp³-hybridized carbons (Fsp3) is 0.250. The van der Waals surface area contributed by atoms with Crippen LogP contribution in [0.1, 0.15) is 17.4 Å². The lowest BCUT2D eigenvalue weighted by atomic mass is 10.3. The molecular formula is C12H12N2O3S2. The van der Waals surface area contributed by atoms with Gasteiger partial charge < -0.3 is 10.0 Å². The lowest BCUT2D eigenvalue weighted by Crippen LogP contribution is -2.35. The first-order valence-electron chi connectivity index (χ1n) is 5.61. The molecule has 0 aliphatic rings. The van der Waals surface area contributed by atoms with Gasteiger partial charge in [-0.15, -0.1) is 11.3 Å². The van der Waals surface area contributed by atoms with Crippen molar-refractivity contribution in [1.29, 1.82) is 0 Å². The Kier molecular flexibility index (Phi) is 4.28. The molecule has 1 amide bonds. The van der Waals surface area contributed by atoms with Crippen LogP contribution in [-0.2, 0) is 4.79 Å². The Morgan fingerprint density at radius 1 is 1.42 bits per heavy atom. The summed E-state index contributed by atoms with van der Waals surface area (Å²) >= 11 is 2.95. The lowest BCUT2D eigenvalue weighted by molar-refractivity contribution is -0.137. The van der Waals surface area contributed by atoms with Crippen molar-refractivity contribution in [3.8, 4) is 10.6 Å². The summed E-state index contributed by atoms with van der Waals surface area (Å²) in [5.74, 6) is -1.37. The zero-order chi connectivity index (χ0) is 13.8. The van der Waals surface area contributed by atoms with E-state index in [-0.39, 0.29) is 12.5 Å². The second-order valence-electron chi connectivity index (χ2n) is 3.76. The van der Waals surface area contributed by atoms with Gasteiger partial charge in [0.15, 0.2) is 0 Å². The van der Waals surface area contributed by atoms with Crippen LogP contribution < -0.4 is 0 Å². The standard InChI is InChI=1S/C12H12N2O3S2/c1-2-14(5-10(15)16)12(17)9-7-19-11(13-9)8-3-4-18-6-8/h3-4,6-7H,2,5H2,1H3,(H,15,16). The minimum Gasteiger partial charge on any atom is -0.480 e. The minimum absolute atomic E-state index is 0.300. The summed E-state index contributed by atoms with van der Waals surface area (Å²) in [4.78, 5) is 28.3. The predicted octanol–water partition coefficient (Wildman–Crippen LogP) is 2.42. The molecule has 2 aromatic heterocycles. The normalized spacial score (nSPS) is 10.4. The first-order valence-corrected chi connectivity index (χ1v) is 7.43. The van der Waals surface area contributed by atoms with Crippen LogP contribution in [0.15, 0.2) is 22.2 Å². The number of carbonyl (C=O) groups excluding carboxylic acids is 1. The van der Waals surface area contributed by atoms with Crippen molar-refractivity contribution in [2.24, 2.45) is 0 Å². The van der Waals surface area contributed by atoms with Crippen LogP contribution in [0.5, 0.6) is 0 Å². The SMILES string of the molecule is CCN(CC(=O)O)C(=O)c1csc(-c2ccsc2)n1. The third-order valence-corrected chi connectivity index (χ3v) is 4.06. The largest absolute Gasteiger partial charge is 0.480 e. The van der Waals surface area contributed by atoms with Gasteiger partial charge in [-0.2, -0.15) is 11.3 Å². The molecule has 0 spiro atoms. The molecule has 0 radical (unpaired) electrons. The highest BCUT2D eigenvalue weighted by atomic mass is 32.1. The van der Waals surface area contributed by atoms with Gasteiger partial charge in [0, 0.05) is 22.9 Å². The number of thiazole rings is 1. The molecule has 2 rings (SSSR count). The Morgan fingerprint density at radius 2 is 2.21 bits per heavy atom. The van der Waals surface area contributed by atoms with Crippen LogP contribution in [0.3, 0.4) is 0 Å². The van der Waals surface area contributed by atoms with E-state index in [2.05, 4.69) is 4.98 Å². The molecule has 5 nitrogen and oxygen atoms in total. The summed E-state index contributed by atoms with van der Waals surface area (Å²) in [6, 6.07) is 1.94. The zero-order valence-corrected chi connectivity index (χ0v) is 11.8. The number of amides is 1. The molecule has 0 saturated carbocycles. The third-order valence-electron chi connectivity index (χ3n) is 2.49. The zero-order valence-electron chi connectivity index (χ0n) is 10.2. The Hall–Kier alpha value is -1.73. The number of carbonyl (C=O) groups is 2. The second kappa shape index (κ2) is 5.94. The number of nitrogens with zero attached hydrogens (tertiary/aromatic N) is 2. The summed E-state index contributed by atoms with van der Waals surface area (Å²) in [6.45, 7) is 1.78. The molecule has 0 atom stereocenters. The van der Waals surface area contributed by atoms with E-state index < -0.39 is 5.97 Å². The topological polar surface area (TPSA) is 70.5 Å². The van der Waals surface area contributed by atoms with E-state index in [4.69, 9.17) is 5.11 Å². The predicted molar refractivity (Wildman–Crippen MR) is 74.6 cm³/mol. The Balaban J connectivity index is 2.17. The van der Waals surface area contributed by atoms with Gasteiger partial charge in [-0.05, 0) is 18.4 Å². The highest BCUT2D eigenvalue weighted by Crippen LogP contribution is 2.26. The lowest BCUT2D eigenvalue weighted by Gasteiger charge is -2.16. The first kappa shape index (κ1) is 13.7. The number of likely N-dealkylation sites (N-methyl/N-ethyl adjacent to an activating group) is 1. The van der Waals surface area contributed by atoms with E-state index in [1.165, 1.54) is 16.2 Å². The summed E-state index contributed by atoms with van der Waals surface area (Å²) in [7, 11) is 0. The van der Waals surface area contributed by atoms with Crippen molar-refractivity contribution < 1.29 is 14.7 Å². The number of carboxylic acid groups (broad SMARTS) is 1. The van der Waals surface area contributed by atoms with Gasteiger partial charge in [-0.1, -0.05) is 0 Å². The molecule has 0 aliphatic heterocycles. The fourth-order valence-corrected chi connectivity index (χ4v) is 3.05. The van der Waals surface area contributed by atoms with Crippen LogP contribution in [0.25, 0.3) is 10.6 Å². The summed E-state index contributed by atoms with van der Waals surface area (Å²) in [5.41, 5.74) is 1.28. The molecule has 0 aliphatic carbocycles. The monoisotopic (exact) mass is 296 g/mol. The van der Waals surface area contributed by atoms with Gasteiger partial charge in [-0.25, -0.2) is 4.98 Å². The van der Waals surface area contributed by atoms with Gasteiger partial charge >= 0.3 is 5.97 Å². The van der Waals surface area contributed by atoms with Crippen LogP contribution in [-0.4, -0.2) is 40.0 Å². The summed E-state index contributed by atoms with van der Waals surface area (Å²) in [5, 5.41) is 15.1. The van der Waals surface area contributed by atoms with Gasteiger partial charge in [-0.3, -0.25) is 9.59 Å². The molecule has 19 heavy (non-hydrogen) atoms. The average Bonchev–Trinajstić information content (AvgIpc) is 3.04. The molecule has 100 valence electrons. The minimum atomic E-state index is -1.02. The Morgan fingerprint density at radius 3 is 2.79 bits per heavy atom. The molecule has 0 aromatic carbocycles. The maximum atomic E-state index is 12.1. The Bertz CT molecular complexity index is 578. The fourth-order valence-electron chi connectivity index (χ4n) is 1.54. The van der Waals surface area contributed by atoms with Crippen LogP contribution >= 0.6 is 22.7 Å². The van der Waals surface area contributed by atoms with E-state index in [0.717, 1.165) is 10.6 Å². The van der Waals surface area contributed by atoms with Crippen molar-refractivity contribution >= 4 is 34.6 Å². The quantitative estimate of drug-likeness (QED) is 0.920. The third kappa shape index (κ3) is 3.18. The maximum Gasteiger partial charge on any atom is 0.323 e. The highest BCUT2D eigenvalue weighted by molar-refractivity contribution is 7.14. The molecular weight excluding hydrogens is 284 g/mol. The molecule has 0 saturated heterocycles. The van der Waals surface area contributed by atoms with Crippen LogP contribution in [0.2, 0.25) is 0 Å². The molecule has 7 heteroatoms. The summed E-state index contributed by atoms with van der Waals surface area (Å²) < 4.78 is 0. The molecule has 2 aromatic rings. The number of rotatable bonds is 5. The smallest absolute Gasteiger partial charge is 0.323 e. The van der Waals surface area contributed by atoms with Crippen LogP contribution in [0, 0.1) is 0 Å². The van der Waals surface area contributed by atoms with E-state index in [0.29, 0.717) is 12.2 Å². The van der Waals surface area contributed by atoms with Gasteiger partial charge in [0.1, 0.15) is 17.2 Å². The van der Waals surface area contributed by atoms with E-state index in [9.17, 15) is 9.59 Å². The molecule has 0 bridgehead atoms. The Labute approximate surface area is 118 Å². The van der Waals surface area contributed by atoms with Crippen molar-refractivity contribution in [3.05, 3.63) is 27.9 Å². The first-order chi connectivity index (χ1) is 9.11. The van der Waals surface area contributed by atoms with Gasteiger partial charge in [0.2, 0.25) is 0 Å². The summed E-state index contributed by atoms with van der Waals surface area (Å²) in [6.07, 6.45) is 0. The van der Waals surface area contributed by atoms with Crippen molar-refractivity contribution in [3.63, 3.8) is 0 Å². The molecule has 0 fully saturated rings. The van der Waals surface area contributed by atoms with Crippen molar-refractivity contribution in [1.82, 2.24) is 9.88 Å². The number of hydrogen-bond donors (Lipinski definition) is 1. The van der Waals surface area contributed by atoms with Crippen LogP contribution in [0.4, 0.5) is 0 Å². The molecule has 2 heterocycles. The van der Waals surface area contributed by atoms with Crippen molar-refractivity contribution in [2.45, 2.75) is 6.92 Å². The highest BCUT2D eigenvalue weighted by Gasteiger charge is 2.19. The van der Waals surface area contributed by atoms with E-state index >= 15 is 0 Å². The number of carboxylic acids is 1. The van der Waals surface area contributed by atoms with E-state index in [1.54, 1.807) is 23.6 Å². The molecule has 1 N–H and O–H groups in total. The van der Waals surface area contributed by atoms with Gasteiger partial charge in [0.25, 0.3) is 5.91 Å². The van der Waals surface area contributed by atoms with Gasteiger partial charge in [0.05, 0.1) is 0 Å². The number of aromatic nitrogens is 1. The second-order valence-corrected chi connectivity index (χ2v) is 5.40. The average molecular weight is 296 g/mol.